The van der Waals surface area contributed by atoms with Gasteiger partial charge in [0.15, 0.2) is 0 Å². The highest BCUT2D eigenvalue weighted by molar-refractivity contribution is 5.05. The molecule has 2 saturated heterocycles. The van der Waals surface area contributed by atoms with E-state index >= 15 is 0 Å². The van der Waals surface area contributed by atoms with Crippen molar-refractivity contribution in [2.75, 3.05) is 40.0 Å². The fourth-order valence-corrected chi connectivity index (χ4v) is 3.70. The van der Waals surface area contributed by atoms with Crippen molar-refractivity contribution in [1.29, 1.82) is 0 Å². The quantitative estimate of drug-likeness (QED) is 0.646. The van der Waals surface area contributed by atoms with E-state index in [4.69, 9.17) is 4.74 Å². The molecule has 0 bridgehead atoms. The van der Waals surface area contributed by atoms with E-state index < -0.39 is 0 Å². The normalized spacial score (nSPS) is 43.4. The number of likely N-dealkylation sites (tertiary alicyclic amines) is 1. The van der Waals surface area contributed by atoms with Crippen molar-refractivity contribution >= 4 is 0 Å². The molecule has 0 N–H and O–H groups in total. The Morgan fingerprint density at radius 2 is 2.20 bits per heavy atom. The summed E-state index contributed by atoms with van der Waals surface area (Å²) in [4.78, 5) is 5.09. The molecule has 3 heteroatoms. The molecule has 3 nitrogen and oxygen atoms in total. The van der Waals surface area contributed by atoms with Gasteiger partial charge in [-0.15, -0.1) is 0 Å². The molecule has 0 aromatic rings. The maximum absolute atomic E-state index is 5.58. The van der Waals surface area contributed by atoms with Gasteiger partial charge in [-0.1, -0.05) is 0 Å². The summed E-state index contributed by atoms with van der Waals surface area (Å²) in [5.41, 5.74) is 0.634. The van der Waals surface area contributed by atoms with E-state index in [0.717, 1.165) is 19.4 Å². The Bertz CT molecular complexity index is 240. The summed E-state index contributed by atoms with van der Waals surface area (Å²) in [5, 5.41) is 0. The van der Waals surface area contributed by atoms with Crippen molar-refractivity contribution in [1.82, 2.24) is 9.80 Å². The Kier molecular flexibility index (Phi) is 2.49. The first kappa shape index (κ1) is 10.1. The zero-order chi connectivity index (χ0) is 10.3. The molecule has 0 aromatic carbocycles. The lowest BCUT2D eigenvalue weighted by Gasteiger charge is -2.53. The highest BCUT2D eigenvalue weighted by Crippen LogP contribution is 2.50. The van der Waals surface area contributed by atoms with Gasteiger partial charge in [-0.3, -0.25) is 4.90 Å². The average molecular weight is 210 g/mol. The first-order valence-electron chi connectivity index (χ1n) is 6.31. The van der Waals surface area contributed by atoms with Crippen molar-refractivity contribution in [3.8, 4) is 0 Å². The van der Waals surface area contributed by atoms with E-state index in [1.807, 2.05) is 0 Å². The molecule has 0 amide bonds. The van der Waals surface area contributed by atoms with Crippen LogP contribution in [0.3, 0.4) is 0 Å². The molecule has 1 aliphatic carbocycles. The maximum Gasteiger partial charge on any atom is 0.0992 e. The van der Waals surface area contributed by atoms with Crippen molar-refractivity contribution in [2.45, 2.75) is 31.7 Å². The van der Waals surface area contributed by atoms with Crippen LogP contribution in [0, 0.1) is 5.41 Å². The molecule has 1 saturated carbocycles. The molecule has 15 heavy (non-hydrogen) atoms. The minimum Gasteiger partial charge on any atom is -0.366 e. The number of hydrogen-bond donors (Lipinski definition) is 0. The summed E-state index contributed by atoms with van der Waals surface area (Å²) in [6.45, 7) is 5.72. The van der Waals surface area contributed by atoms with Crippen LogP contribution in [0.5, 0.6) is 0 Å². The predicted octanol–water partition coefficient (Wildman–Crippen LogP) is 1.15. The molecule has 1 spiro atoms. The van der Waals surface area contributed by atoms with Crippen LogP contribution in [0.1, 0.15) is 25.7 Å². The van der Waals surface area contributed by atoms with Gasteiger partial charge in [0.1, 0.15) is 0 Å². The minimum atomic E-state index is 0.634. The molecular weight excluding hydrogens is 188 g/mol. The monoisotopic (exact) mass is 210 g/mol. The standard InChI is InChI=1S/C12H22N2O/c1-13-7-5-12(9-13)4-3-11(12)14-6-2-8-15-10-14/h11H,2-10H2,1H3. The van der Waals surface area contributed by atoms with E-state index in [2.05, 4.69) is 16.8 Å². The Morgan fingerprint density at radius 1 is 1.27 bits per heavy atom. The second-order valence-corrected chi connectivity index (χ2v) is 5.61. The Morgan fingerprint density at radius 3 is 2.73 bits per heavy atom. The fraction of sp³-hybridized carbons (Fsp3) is 1.00. The Balaban J connectivity index is 1.66. The summed E-state index contributed by atoms with van der Waals surface area (Å²) in [6, 6.07) is 0.822. The molecule has 2 aliphatic heterocycles. The van der Waals surface area contributed by atoms with Crippen LogP contribution in [-0.2, 0) is 4.74 Å². The van der Waals surface area contributed by atoms with Gasteiger partial charge in [-0.25, -0.2) is 0 Å². The van der Waals surface area contributed by atoms with Crippen molar-refractivity contribution in [2.24, 2.45) is 5.41 Å². The van der Waals surface area contributed by atoms with E-state index in [-0.39, 0.29) is 0 Å². The van der Waals surface area contributed by atoms with Crippen LogP contribution in [-0.4, -0.2) is 55.9 Å². The van der Waals surface area contributed by atoms with Crippen molar-refractivity contribution in [3.05, 3.63) is 0 Å². The maximum atomic E-state index is 5.58. The van der Waals surface area contributed by atoms with Gasteiger partial charge >= 0.3 is 0 Å². The van der Waals surface area contributed by atoms with E-state index in [1.165, 1.54) is 45.3 Å². The highest BCUT2D eigenvalue weighted by atomic mass is 16.5. The minimum absolute atomic E-state index is 0.634. The van der Waals surface area contributed by atoms with Crippen LogP contribution >= 0.6 is 0 Å². The summed E-state index contributed by atoms with van der Waals surface area (Å²) in [6.07, 6.45) is 5.47. The van der Waals surface area contributed by atoms with Gasteiger partial charge in [-0.05, 0) is 44.7 Å². The third-order valence-corrected chi connectivity index (χ3v) is 4.63. The van der Waals surface area contributed by atoms with Crippen LogP contribution < -0.4 is 0 Å². The first-order chi connectivity index (χ1) is 7.30. The lowest BCUT2D eigenvalue weighted by atomic mass is 9.63. The van der Waals surface area contributed by atoms with E-state index in [9.17, 15) is 0 Å². The largest absolute Gasteiger partial charge is 0.366 e. The molecule has 86 valence electrons. The lowest BCUT2D eigenvalue weighted by Crippen LogP contribution is -2.58. The Hall–Kier alpha value is -0.120. The summed E-state index contributed by atoms with van der Waals surface area (Å²) in [7, 11) is 2.26. The molecule has 2 heterocycles. The topological polar surface area (TPSA) is 15.7 Å². The van der Waals surface area contributed by atoms with E-state index in [1.54, 1.807) is 0 Å². The van der Waals surface area contributed by atoms with Crippen molar-refractivity contribution in [3.63, 3.8) is 0 Å². The SMILES string of the molecule is CN1CCC2(CCC2N2CCCOC2)C1. The zero-order valence-electron chi connectivity index (χ0n) is 9.74. The van der Waals surface area contributed by atoms with Gasteiger partial charge < -0.3 is 9.64 Å². The molecule has 2 unspecified atom stereocenters. The smallest absolute Gasteiger partial charge is 0.0992 e. The molecule has 3 aliphatic rings. The molecule has 2 atom stereocenters. The van der Waals surface area contributed by atoms with Crippen molar-refractivity contribution < 1.29 is 4.74 Å². The van der Waals surface area contributed by atoms with Gasteiger partial charge in [0, 0.05) is 25.7 Å². The second kappa shape index (κ2) is 3.72. The zero-order valence-corrected chi connectivity index (χ0v) is 9.74. The summed E-state index contributed by atoms with van der Waals surface area (Å²) < 4.78 is 5.58. The second-order valence-electron chi connectivity index (χ2n) is 5.61. The highest BCUT2D eigenvalue weighted by Gasteiger charge is 2.52. The van der Waals surface area contributed by atoms with Gasteiger partial charge in [-0.2, -0.15) is 0 Å². The molecular formula is C12H22N2O. The molecule has 3 fully saturated rings. The average Bonchev–Trinajstić information content (AvgIpc) is 2.63. The van der Waals surface area contributed by atoms with Crippen LogP contribution in [0.15, 0.2) is 0 Å². The van der Waals surface area contributed by atoms with Gasteiger partial charge in [0.05, 0.1) is 6.73 Å². The third kappa shape index (κ3) is 1.61. The summed E-state index contributed by atoms with van der Waals surface area (Å²) in [5.74, 6) is 0. The third-order valence-electron chi connectivity index (χ3n) is 4.63. The number of ether oxygens (including phenoxy) is 1. The van der Waals surface area contributed by atoms with Crippen LogP contribution in [0.4, 0.5) is 0 Å². The molecule has 0 aromatic heterocycles. The number of hydrogen-bond acceptors (Lipinski definition) is 3. The molecule has 0 radical (unpaired) electrons. The first-order valence-corrected chi connectivity index (χ1v) is 6.31. The van der Waals surface area contributed by atoms with Gasteiger partial charge in [0.25, 0.3) is 0 Å². The molecule has 3 rings (SSSR count). The fourth-order valence-electron chi connectivity index (χ4n) is 3.70. The number of rotatable bonds is 1. The Labute approximate surface area is 92.4 Å². The van der Waals surface area contributed by atoms with Crippen LogP contribution in [0.25, 0.3) is 0 Å². The van der Waals surface area contributed by atoms with Gasteiger partial charge in [0.2, 0.25) is 0 Å². The lowest BCUT2D eigenvalue weighted by molar-refractivity contribution is -0.104. The van der Waals surface area contributed by atoms with Crippen LogP contribution in [0.2, 0.25) is 0 Å². The summed E-state index contributed by atoms with van der Waals surface area (Å²) >= 11 is 0. The number of nitrogens with zero attached hydrogens (tertiary/aromatic N) is 2. The predicted molar refractivity (Wildman–Crippen MR) is 59.7 cm³/mol. The van der Waals surface area contributed by atoms with E-state index in [0.29, 0.717) is 5.41 Å².